The maximum absolute atomic E-state index is 10.7. The quantitative estimate of drug-likeness (QED) is 0.751. The van der Waals surface area contributed by atoms with Crippen molar-refractivity contribution in [3.8, 4) is 0 Å². The Morgan fingerprint density at radius 2 is 2.00 bits per heavy atom. The number of hydrogen-bond acceptors (Lipinski definition) is 2. The molecule has 0 radical (unpaired) electrons. The van der Waals surface area contributed by atoms with Crippen LogP contribution in [0.5, 0.6) is 0 Å². The molecule has 2 N–H and O–H groups in total. The summed E-state index contributed by atoms with van der Waals surface area (Å²) in [7, 11) is 0. The third kappa shape index (κ3) is 2.94. The van der Waals surface area contributed by atoms with Gasteiger partial charge in [0.25, 0.3) is 0 Å². The fourth-order valence-electron chi connectivity index (χ4n) is 3.18. The lowest BCUT2D eigenvalue weighted by Gasteiger charge is -2.33. The normalized spacial score (nSPS) is 33.1. The van der Waals surface area contributed by atoms with Crippen molar-refractivity contribution < 1.29 is 9.90 Å². The summed E-state index contributed by atoms with van der Waals surface area (Å²) in [5.74, 6) is 0.600. The fraction of sp³-hybridized carbons (Fsp3) is 0.917. The van der Waals surface area contributed by atoms with Crippen molar-refractivity contribution in [2.75, 3.05) is 6.54 Å². The molecule has 86 valence electrons. The lowest BCUT2D eigenvalue weighted by molar-refractivity contribution is -0.138. The van der Waals surface area contributed by atoms with E-state index in [2.05, 4.69) is 5.32 Å². The van der Waals surface area contributed by atoms with Gasteiger partial charge in [-0.3, -0.25) is 4.79 Å². The van der Waals surface area contributed by atoms with Crippen LogP contribution in [-0.2, 0) is 4.79 Å². The van der Waals surface area contributed by atoms with Gasteiger partial charge in [0, 0.05) is 12.5 Å². The SMILES string of the molecule is O=C(O)CC1CCNC(C2CCCC2)C1. The summed E-state index contributed by atoms with van der Waals surface area (Å²) in [4.78, 5) is 10.7. The molecule has 0 amide bonds. The fourth-order valence-corrected chi connectivity index (χ4v) is 3.18. The van der Waals surface area contributed by atoms with E-state index in [0.29, 0.717) is 18.4 Å². The highest BCUT2D eigenvalue weighted by molar-refractivity contribution is 5.67. The Morgan fingerprint density at radius 1 is 1.27 bits per heavy atom. The Labute approximate surface area is 91.2 Å². The molecule has 0 aromatic heterocycles. The first-order chi connectivity index (χ1) is 7.25. The number of aliphatic carboxylic acids is 1. The van der Waals surface area contributed by atoms with Crippen molar-refractivity contribution in [1.29, 1.82) is 0 Å². The number of piperidine rings is 1. The molecule has 0 aromatic rings. The molecule has 3 heteroatoms. The lowest BCUT2D eigenvalue weighted by atomic mass is 9.83. The minimum absolute atomic E-state index is 0.366. The molecule has 1 heterocycles. The van der Waals surface area contributed by atoms with Crippen LogP contribution in [0.3, 0.4) is 0 Å². The van der Waals surface area contributed by atoms with E-state index in [4.69, 9.17) is 5.11 Å². The van der Waals surface area contributed by atoms with Crippen LogP contribution in [-0.4, -0.2) is 23.7 Å². The molecule has 1 aliphatic heterocycles. The zero-order chi connectivity index (χ0) is 10.7. The highest BCUT2D eigenvalue weighted by Gasteiger charge is 2.30. The smallest absolute Gasteiger partial charge is 0.303 e. The molecule has 3 nitrogen and oxygen atoms in total. The Hall–Kier alpha value is -0.570. The highest BCUT2D eigenvalue weighted by atomic mass is 16.4. The first kappa shape index (κ1) is 10.9. The number of hydrogen-bond donors (Lipinski definition) is 2. The van der Waals surface area contributed by atoms with Gasteiger partial charge < -0.3 is 10.4 Å². The largest absolute Gasteiger partial charge is 0.481 e. The molecule has 1 saturated heterocycles. The molecular weight excluding hydrogens is 190 g/mol. The van der Waals surface area contributed by atoms with Crippen LogP contribution in [0.4, 0.5) is 0 Å². The summed E-state index contributed by atoms with van der Waals surface area (Å²) < 4.78 is 0. The minimum atomic E-state index is -0.632. The third-order valence-electron chi connectivity index (χ3n) is 3.98. The van der Waals surface area contributed by atoms with E-state index in [-0.39, 0.29) is 0 Å². The van der Waals surface area contributed by atoms with Gasteiger partial charge in [0.05, 0.1) is 0 Å². The second-order valence-corrected chi connectivity index (χ2v) is 5.09. The Balaban J connectivity index is 1.83. The molecule has 1 saturated carbocycles. The van der Waals surface area contributed by atoms with Crippen molar-refractivity contribution in [2.24, 2.45) is 11.8 Å². The molecule has 0 bridgehead atoms. The molecule has 0 aromatic carbocycles. The van der Waals surface area contributed by atoms with E-state index in [1.807, 2.05) is 0 Å². The summed E-state index contributed by atoms with van der Waals surface area (Å²) in [5.41, 5.74) is 0. The van der Waals surface area contributed by atoms with Gasteiger partial charge in [0.2, 0.25) is 0 Å². The van der Waals surface area contributed by atoms with E-state index in [0.717, 1.165) is 25.3 Å². The average Bonchev–Trinajstić information content (AvgIpc) is 2.69. The Kier molecular flexibility index (Phi) is 3.62. The van der Waals surface area contributed by atoms with Gasteiger partial charge in [-0.15, -0.1) is 0 Å². The topological polar surface area (TPSA) is 49.3 Å². The number of rotatable bonds is 3. The maximum Gasteiger partial charge on any atom is 0.303 e. The minimum Gasteiger partial charge on any atom is -0.481 e. The highest BCUT2D eigenvalue weighted by Crippen LogP contribution is 2.33. The molecule has 0 spiro atoms. The lowest BCUT2D eigenvalue weighted by Crippen LogP contribution is -2.42. The van der Waals surface area contributed by atoms with Crippen molar-refractivity contribution in [3.05, 3.63) is 0 Å². The average molecular weight is 211 g/mol. The molecule has 2 atom stereocenters. The summed E-state index contributed by atoms with van der Waals surface area (Å²) in [5, 5.41) is 12.4. The first-order valence-electron chi connectivity index (χ1n) is 6.21. The van der Waals surface area contributed by atoms with Crippen LogP contribution in [0.15, 0.2) is 0 Å². The van der Waals surface area contributed by atoms with Gasteiger partial charge in [0.1, 0.15) is 0 Å². The van der Waals surface area contributed by atoms with Gasteiger partial charge >= 0.3 is 5.97 Å². The van der Waals surface area contributed by atoms with Crippen LogP contribution < -0.4 is 5.32 Å². The number of carbonyl (C=O) groups is 1. The third-order valence-corrected chi connectivity index (χ3v) is 3.98. The second-order valence-electron chi connectivity index (χ2n) is 5.09. The van der Waals surface area contributed by atoms with Crippen molar-refractivity contribution in [1.82, 2.24) is 5.32 Å². The monoisotopic (exact) mass is 211 g/mol. The molecule has 1 aliphatic carbocycles. The molecule has 2 fully saturated rings. The number of nitrogens with one attached hydrogen (secondary N) is 1. The van der Waals surface area contributed by atoms with Crippen LogP contribution in [0, 0.1) is 11.8 Å². The predicted molar refractivity (Wildman–Crippen MR) is 58.7 cm³/mol. The van der Waals surface area contributed by atoms with E-state index in [9.17, 15) is 4.79 Å². The molecule has 2 unspecified atom stereocenters. The predicted octanol–water partition coefficient (Wildman–Crippen LogP) is 2.02. The zero-order valence-electron chi connectivity index (χ0n) is 9.24. The van der Waals surface area contributed by atoms with Gasteiger partial charge in [-0.2, -0.15) is 0 Å². The molecule has 2 rings (SSSR count). The summed E-state index contributed by atoms with van der Waals surface area (Å²) >= 11 is 0. The van der Waals surface area contributed by atoms with Crippen LogP contribution in [0.1, 0.15) is 44.9 Å². The molecule has 2 aliphatic rings. The molecule has 15 heavy (non-hydrogen) atoms. The number of carboxylic acid groups (broad SMARTS) is 1. The standard InChI is InChI=1S/C12H21NO2/c14-12(15)8-9-5-6-13-11(7-9)10-3-1-2-4-10/h9-11,13H,1-8H2,(H,14,15). The van der Waals surface area contributed by atoms with Gasteiger partial charge in [-0.05, 0) is 44.1 Å². The van der Waals surface area contributed by atoms with Crippen LogP contribution in [0.2, 0.25) is 0 Å². The summed E-state index contributed by atoms with van der Waals surface area (Å²) in [6.07, 6.45) is 7.91. The van der Waals surface area contributed by atoms with Crippen molar-refractivity contribution in [3.63, 3.8) is 0 Å². The van der Waals surface area contributed by atoms with E-state index < -0.39 is 5.97 Å². The summed E-state index contributed by atoms with van der Waals surface area (Å²) in [6.45, 7) is 1.01. The van der Waals surface area contributed by atoms with Crippen molar-refractivity contribution in [2.45, 2.75) is 51.0 Å². The van der Waals surface area contributed by atoms with Crippen molar-refractivity contribution >= 4 is 5.97 Å². The first-order valence-corrected chi connectivity index (χ1v) is 6.21. The summed E-state index contributed by atoms with van der Waals surface area (Å²) in [6, 6.07) is 0.602. The van der Waals surface area contributed by atoms with Gasteiger partial charge in [-0.25, -0.2) is 0 Å². The zero-order valence-corrected chi connectivity index (χ0v) is 9.24. The van der Waals surface area contributed by atoms with Gasteiger partial charge in [-0.1, -0.05) is 12.8 Å². The van der Waals surface area contributed by atoms with Crippen LogP contribution >= 0.6 is 0 Å². The van der Waals surface area contributed by atoms with E-state index in [1.54, 1.807) is 0 Å². The molecular formula is C12H21NO2. The Bertz CT molecular complexity index is 224. The second kappa shape index (κ2) is 4.97. The maximum atomic E-state index is 10.7. The Morgan fingerprint density at radius 3 is 2.67 bits per heavy atom. The number of carboxylic acids is 1. The van der Waals surface area contributed by atoms with E-state index in [1.165, 1.54) is 25.7 Å². The van der Waals surface area contributed by atoms with Crippen LogP contribution in [0.25, 0.3) is 0 Å². The van der Waals surface area contributed by atoms with E-state index >= 15 is 0 Å². The van der Waals surface area contributed by atoms with Gasteiger partial charge in [0.15, 0.2) is 0 Å².